The fraction of sp³-hybridized carbons (Fsp3) is 0.333. The summed E-state index contributed by atoms with van der Waals surface area (Å²) in [6, 6.07) is 12.9. The molecule has 5 rings (SSSR count). The van der Waals surface area contributed by atoms with Crippen molar-refractivity contribution in [3.63, 3.8) is 0 Å². The molecule has 2 aromatic carbocycles. The van der Waals surface area contributed by atoms with Crippen LogP contribution in [0.3, 0.4) is 0 Å². The second-order valence-electron chi connectivity index (χ2n) is 7.44. The summed E-state index contributed by atoms with van der Waals surface area (Å²) in [7, 11) is 0. The summed E-state index contributed by atoms with van der Waals surface area (Å²) in [5.41, 5.74) is 4.67. The molecule has 2 aliphatic rings. The number of nitrogens with one attached hydrogen (secondary N) is 2. The molecule has 1 aromatic heterocycles. The minimum absolute atomic E-state index is 0.00501. The maximum Gasteiger partial charge on any atom is 0.251 e. The van der Waals surface area contributed by atoms with Gasteiger partial charge in [0.15, 0.2) is 11.4 Å². The van der Waals surface area contributed by atoms with E-state index in [4.69, 9.17) is 4.52 Å². The van der Waals surface area contributed by atoms with E-state index < -0.39 is 0 Å². The van der Waals surface area contributed by atoms with Crippen molar-refractivity contribution < 1.29 is 9.32 Å². The zero-order valence-corrected chi connectivity index (χ0v) is 14.7. The Balaban J connectivity index is 1.48. The van der Waals surface area contributed by atoms with E-state index in [-0.39, 0.29) is 5.91 Å². The van der Waals surface area contributed by atoms with Crippen molar-refractivity contribution in [2.75, 3.05) is 5.32 Å². The van der Waals surface area contributed by atoms with Crippen LogP contribution in [0.1, 0.15) is 41.6 Å². The SMILES string of the molecule is Cc1ccc(C(=O)NC2CC2)cc1-c1ccc2c(NC3CC3)noc2c1. The number of rotatable bonds is 5. The summed E-state index contributed by atoms with van der Waals surface area (Å²) in [6.45, 7) is 2.06. The highest BCUT2D eigenvalue weighted by Gasteiger charge is 2.25. The largest absolute Gasteiger partial charge is 0.364 e. The molecule has 0 saturated heterocycles. The van der Waals surface area contributed by atoms with E-state index in [9.17, 15) is 4.79 Å². The molecule has 0 aliphatic heterocycles. The van der Waals surface area contributed by atoms with Crippen LogP contribution in [0, 0.1) is 6.92 Å². The number of carbonyl (C=O) groups is 1. The lowest BCUT2D eigenvalue weighted by Crippen LogP contribution is -2.25. The Morgan fingerprint density at radius 2 is 1.88 bits per heavy atom. The smallest absolute Gasteiger partial charge is 0.251 e. The molecule has 0 spiro atoms. The van der Waals surface area contributed by atoms with Crippen LogP contribution in [-0.4, -0.2) is 23.1 Å². The first-order valence-corrected chi connectivity index (χ1v) is 9.25. The zero-order chi connectivity index (χ0) is 17.7. The number of carbonyl (C=O) groups excluding carboxylic acids is 1. The van der Waals surface area contributed by atoms with Gasteiger partial charge in [-0.3, -0.25) is 4.79 Å². The van der Waals surface area contributed by atoms with E-state index in [2.05, 4.69) is 28.8 Å². The minimum Gasteiger partial charge on any atom is -0.364 e. The molecule has 0 radical (unpaired) electrons. The summed E-state index contributed by atoms with van der Waals surface area (Å²) in [5.74, 6) is 0.828. The average molecular weight is 347 g/mol. The number of amides is 1. The fourth-order valence-corrected chi connectivity index (χ4v) is 3.20. The molecule has 3 aromatic rings. The van der Waals surface area contributed by atoms with Gasteiger partial charge in [-0.05, 0) is 73.6 Å². The predicted octanol–water partition coefficient (Wildman–Crippen LogP) is 4.27. The Morgan fingerprint density at radius 3 is 2.65 bits per heavy atom. The van der Waals surface area contributed by atoms with Gasteiger partial charge in [0.2, 0.25) is 0 Å². The van der Waals surface area contributed by atoms with Crippen LogP contribution in [0.4, 0.5) is 5.82 Å². The third-order valence-corrected chi connectivity index (χ3v) is 5.11. The average Bonchev–Trinajstić information content (AvgIpc) is 3.56. The molecule has 2 fully saturated rings. The second kappa shape index (κ2) is 5.87. The van der Waals surface area contributed by atoms with Crippen LogP contribution >= 0.6 is 0 Å². The van der Waals surface area contributed by atoms with Crippen molar-refractivity contribution >= 4 is 22.7 Å². The number of aromatic nitrogens is 1. The molecule has 0 bridgehead atoms. The molecular weight excluding hydrogens is 326 g/mol. The molecule has 5 nitrogen and oxygen atoms in total. The molecule has 1 heterocycles. The van der Waals surface area contributed by atoms with E-state index in [0.29, 0.717) is 17.6 Å². The van der Waals surface area contributed by atoms with E-state index >= 15 is 0 Å². The molecule has 2 aliphatic carbocycles. The highest BCUT2D eigenvalue weighted by Crippen LogP contribution is 2.33. The van der Waals surface area contributed by atoms with Gasteiger partial charge in [-0.15, -0.1) is 0 Å². The van der Waals surface area contributed by atoms with Gasteiger partial charge in [-0.1, -0.05) is 17.3 Å². The first-order valence-electron chi connectivity index (χ1n) is 9.25. The van der Waals surface area contributed by atoms with Crippen LogP contribution in [0.5, 0.6) is 0 Å². The lowest BCUT2D eigenvalue weighted by atomic mass is 9.97. The van der Waals surface area contributed by atoms with Gasteiger partial charge in [-0.2, -0.15) is 0 Å². The topological polar surface area (TPSA) is 67.2 Å². The van der Waals surface area contributed by atoms with Gasteiger partial charge >= 0.3 is 0 Å². The molecule has 5 heteroatoms. The Bertz CT molecular complexity index is 1000. The van der Waals surface area contributed by atoms with Crippen molar-refractivity contribution in [2.45, 2.75) is 44.7 Å². The summed E-state index contributed by atoms with van der Waals surface area (Å²) in [6.07, 6.45) is 4.57. The molecule has 2 saturated carbocycles. The number of anilines is 1. The summed E-state index contributed by atoms with van der Waals surface area (Å²) in [4.78, 5) is 12.4. The third kappa shape index (κ3) is 2.94. The van der Waals surface area contributed by atoms with Gasteiger partial charge in [0.1, 0.15) is 0 Å². The Hall–Kier alpha value is -2.82. The summed E-state index contributed by atoms with van der Waals surface area (Å²) < 4.78 is 5.53. The quantitative estimate of drug-likeness (QED) is 0.723. The number of hydrogen-bond donors (Lipinski definition) is 2. The maximum atomic E-state index is 12.4. The Morgan fingerprint density at radius 1 is 1.08 bits per heavy atom. The van der Waals surface area contributed by atoms with Crippen LogP contribution < -0.4 is 10.6 Å². The number of aryl methyl sites for hydroxylation is 1. The number of benzene rings is 2. The fourth-order valence-electron chi connectivity index (χ4n) is 3.20. The van der Waals surface area contributed by atoms with Gasteiger partial charge in [-0.25, -0.2) is 0 Å². The minimum atomic E-state index is 0.00501. The highest BCUT2D eigenvalue weighted by molar-refractivity contribution is 5.97. The van der Waals surface area contributed by atoms with Crippen LogP contribution in [0.2, 0.25) is 0 Å². The van der Waals surface area contributed by atoms with E-state index in [0.717, 1.165) is 46.3 Å². The first kappa shape index (κ1) is 15.4. The molecular formula is C21H21N3O2. The number of nitrogens with zero attached hydrogens (tertiary/aromatic N) is 1. The molecule has 1 amide bonds. The normalized spacial score (nSPS) is 16.7. The Kier molecular flexibility index (Phi) is 3.48. The van der Waals surface area contributed by atoms with Crippen LogP contribution in [-0.2, 0) is 0 Å². The van der Waals surface area contributed by atoms with Crippen LogP contribution in [0.15, 0.2) is 40.9 Å². The molecule has 0 unspecified atom stereocenters. The van der Waals surface area contributed by atoms with E-state index in [1.807, 2.05) is 30.3 Å². The van der Waals surface area contributed by atoms with E-state index in [1.165, 1.54) is 12.8 Å². The van der Waals surface area contributed by atoms with Crippen molar-refractivity contribution in [1.82, 2.24) is 10.5 Å². The maximum absolute atomic E-state index is 12.4. The third-order valence-electron chi connectivity index (χ3n) is 5.11. The Labute approximate surface area is 151 Å². The molecule has 2 N–H and O–H groups in total. The second-order valence-corrected chi connectivity index (χ2v) is 7.44. The first-order chi connectivity index (χ1) is 12.7. The van der Waals surface area contributed by atoms with Gasteiger partial charge in [0.25, 0.3) is 5.91 Å². The lowest BCUT2D eigenvalue weighted by Gasteiger charge is -2.10. The van der Waals surface area contributed by atoms with Crippen molar-refractivity contribution in [1.29, 1.82) is 0 Å². The predicted molar refractivity (Wildman–Crippen MR) is 101 cm³/mol. The van der Waals surface area contributed by atoms with E-state index in [1.54, 1.807) is 0 Å². The lowest BCUT2D eigenvalue weighted by molar-refractivity contribution is 0.0951. The van der Waals surface area contributed by atoms with Gasteiger partial charge < -0.3 is 15.2 Å². The molecule has 0 atom stereocenters. The van der Waals surface area contributed by atoms with Crippen molar-refractivity contribution in [2.24, 2.45) is 0 Å². The summed E-state index contributed by atoms with van der Waals surface area (Å²) in [5, 5.41) is 11.6. The standard InChI is InChI=1S/C21H21N3O2/c1-12-2-3-14(21(25)23-16-7-8-16)10-18(12)13-4-9-17-19(11-13)26-24-20(17)22-15-5-6-15/h2-4,9-11,15-16H,5-8H2,1H3,(H,22,24)(H,23,25). The van der Waals surface area contributed by atoms with Gasteiger partial charge in [0.05, 0.1) is 5.39 Å². The summed E-state index contributed by atoms with van der Waals surface area (Å²) >= 11 is 0. The monoisotopic (exact) mass is 347 g/mol. The molecule has 26 heavy (non-hydrogen) atoms. The van der Waals surface area contributed by atoms with Crippen LogP contribution in [0.25, 0.3) is 22.1 Å². The number of hydrogen-bond acceptors (Lipinski definition) is 4. The highest BCUT2D eigenvalue weighted by atomic mass is 16.5. The van der Waals surface area contributed by atoms with Crippen molar-refractivity contribution in [3.8, 4) is 11.1 Å². The zero-order valence-electron chi connectivity index (χ0n) is 14.7. The molecule has 132 valence electrons. The van der Waals surface area contributed by atoms with Crippen molar-refractivity contribution in [3.05, 3.63) is 47.5 Å². The number of fused-ring (bicyclic) bond motifs is 1. The van der Waals surface area contributed by atoms with Gasteiger partial charge in [0, 0.05) is 17.6 Å².